The first kappa shape index (κ1) is 20.8. The zero-order valence-corrected chi connectivity index (χ0v) is 14.8. The van der Waals surface area contributed by atoms with Crippen molar-refractivity contribution in [2.24, 2.45) is 5.73 Å². The van der Waals surface area contributed by atoms with Crippen molar-refractivity contribution in [2.75, 3.05) is 26.4 Å². The standard InChI is InChI=1S/C18H16F4N2O5/c19-17(8-27-5-6-29-17)9-28-11-3-1-10(2-4-11)12-7-13(15(23)25)16(26)24-14(12)18(20,21)22/h1-4,7H,5-6,8-9H2,(H2,23,25)(H,24,26). The molecule has 11 heteroatoms. The van der Waals surface area contributed by atoms with Gasteiger partial charge in [-0.2, -0.15) is 13.2 Å². The lowest BCUT2D eigenvalue weighted by atomic mass is 10.0. The lowest BCUT2D eigenvalue weighted by molar-refractivity contribution is -0.237. The fraction of sp³-hybridized carbons (Fsp3) is 0.333. The maximum absolute atomic E-state index is 14.3. The number of amides is 1. The number of primary amides is 1. The highest BCUT2D eigenvalue weighted by Gasteiger charge is 2.37. The number of rotatable bonds is 5. The SMILES string of the molecule is NC(=O)c1cc(-c2ccc(OCC3(F)COCCO3)cc2)c(C(F)(F)F)[nH]c1=O. The summed E-state index contributed by atoms with van der Waals surface area (Å²) in [5, 5.41) is 0. The highest BCUT2D eigenvalue weighted by molar-refractivity contribution is 5.93. The van der Waals surface area contributed by atoms with Gasteiger partial charge in [-0.15, -0.1) is 0 Å². The molecule has 3 rings (SSSR count). The molecule has 1 amide bonds. The average molecular weight is 416 g/mol. The van der Waals surface area contributed by atoms with Gasteiger partial charge in [0.2, 0.25) is 0 Å². The van der Waals surface area contributed by atoms with Crippen LogP contribution in [0, 0.1) is 0 Å². The van der Waals surface area contributed by atoms with Crippen LogP contribution >= 0.6 is 0 Å². The first-order valence-electron chi connectivity index (χ1n) is 8.37. The summed E-state index contributed by atoms with van der Waals surface area (Å²) < 4.78 is 69.4. The second-order valence-electron chi connectivity index (χ2n) is 6.26. The van der Waals surface area contributed by atoms with E-state index in [2.05, 4.69) is 0 Å². The summed E-state index contributed by atoms with van der Waals surface area (Å²) in [4.78, 5) is 24.7. The molecule has 2 aromatic rings. The molecule has 1 aromatic carbocycles. The van der Waals surface area contributed by atoms with Gasteiger partial charge >= 0.3 is 6.18 Å². The molecule has 29 heavy (non-hydrogen) atoms. The van der Waals surface area contributed by atoms with Crippen LogP contribution in [0.2, 0.25) is 0 Å². The van der Waals surface area contributed by atoms with Crippen molar-refractivity contribution in [3.8, 4) is 16.9 Å². The number of hydrogen-bond donors (Lipinski definition) is 2. The Morgan fingerprint density at radius 3 is 2.48 bits per heavy atom. The van der Waals surface area contributed by atoms with E-state index in [1.165, 1.54) is 24.3 Å². The number of carbonyl (C=O) groups is 1. The fourth-order valence-electron chi connectivity index (χ4n) is 2.72. The molecule has 1 atom stereocenters. The number of hydrogen-bond acceptors (Lipinski definition) is 5. The van der Waals surface area contributed by atoms with Crippen LogP contribution in [0.1, 0.15) is 16.1 Å². The number of carbonyl (C=O) groups excluding carboxylic acids is 1. The zero-order chi connectivity index (χ0) is 21.2. The minimum atomic E-state index is -4.88. The third kappa shape index (κ3) is 4.74. The van der Waals surface area contributed by atoms with E-state index in [9.17, 15) is 27.2 Å². The molecule has 0 spiro atoms. The van der Waals surface area contributed by atoms with Crippen LogP contribution in [0.4, 0.5) is 17.6 Å². The summed E-state index contributed by atoms with van der Waals surface area (Å²) in [6.07, 6.45) is -4.88. The van der Waals surface area contributed by atoms with Crippen LogP contribution in [-0.4, -0.2) is 43.2 Å². The normalized spacial score (nSPS) is 19.7. The Kier molecular flexibility index (Phi) is 5.62. The Bertz CT molecular complexity index is 950. The van der Waals surface area contributed by atoms with E-state index in [1.807, 2.05) is 0 Å². The maximum atomic E-state index is 14.3. The predicted octanol–water partition coefficient (Wildman–Crippen LogP) is 2.25. The summed E-state index contributed by atoms with van der Waals surface area (Å²) in [6, 6.07) is 5.96. The molecule has 1 aliphatic heterocycles. The quantitative estimate of drug-likeness (QED) is 0.728. The zero-order valence-electron chi connectivity index (χ0n) is 14.8. The van der Waals surface area contributed by atoms with Crippen molar-refractivity contribution < 1.29 is 36.6 Å². The largest absolute Gasteiger partial charge is 0.488 e. The molecule has 1 fully saturated rings. The number of nitrogens with one attached hydrogen (secondary N) is 1. The molecule has 3 N–H and O–H groups in total. The summed E-state index contributed by atoms with van der Waals surface area (Å²) in [5.74, 6) is -3.10. The van der Waals surface area contributed by atoms with Gasteiger partial charge in [0.25, 0.3) is 17.3 Å². The molecule has 0 aliphatic carbocycles. The molecule has 1 aromatic heterocycles. The van der Waals surface area contributed by atoms with Crippen molar-refractivity contribution in [1.29, 1.82) is 0 Å². The topological polar surface area (TPSA) is 104 Å². The molecule has 0 bridgehead atoms. The van der Waals surface area contributed by atoms with Gasteiger partial charge in [0, 0.05) is 5.56 Å². The van der Waals surface area contributed by atoms with E-state index < -0.39 is 46.9 Å². The van der Waals surface area contributed by atoms with E-state index in [-0.39, 0.29) is 31.1 Å². The number of nitrogens with two attached hydrogens (primary N) is 1. The fourth-order valence-corrected chi connectivity index (χ4v) is 2.72. The Morgan fingerprint density at radius 1 is 1.24 bits per heavy atom. The van der Waals surface area contributed by atoms with Crippen molar-refractivity contribution in [2.45, 2.75) is 12.0 Å². The van der Waals surface area contributed by atoms with Crippen molar-refractivity contribution >= 4 is 5.91 Å². The van der Waals surface area contributed by atoms with Crippen LogP contribution in [0.3, 0.4) is 0 Å². The summed E-state index contributed by atoms with van der Waals surface area (Å²) in [6.45, 7) is -0.417. The molecule has 156 valence electrons. The predicted molar refractivity (Wildman–Crippen MR) is 92.1 cm³/mol. The minimum absolute atomic E-state index is 0.0376. The van der Waals surface area contributed by atoms with Gasteiger partial charge < -0.3 is 24.9 Å². The first-order valence-corrected chi connectivity index (χ1v) is 8.37. The van der Waals surface area contributed by atoms with Gasteiger partial charge in [-0.05, 0) is 23.8 Å². The number of ether oxygens (including phenoxy) is 3. The van der Waals surface area contributed by atoms with Crippen molar-refractivity contribution in [3.05, 3.63) is 51.9 Å². The number of aromatic amines is 1. The highest BCUT2D eigenvalue weighted by Crippen LogP contribution is 2.36. The summed E-state index contributed by atoms with van der Waals surface area (Å²) in [7, 11) is 0. The second kappa shape index (κ2) is 7.84. The Labute approximate surface area is 161 Å². The van der Waals surface area contributed by atoms with E-state index >= 15 is 0 Å². The molecule has 7 nitrogen and oxygen atoms in total. The van der Waals surface area contributed by atoms with Crippen LogP contribution in [-0.2, 0) is 15.7 Å². The van der Waals surface area contributed by atoms with Crippen LogP contribution in [0.5, 0.6) is 5.75 Å². The number of pyridine rings is 1. The van der Waals surface area contributed by atoms with Gasteiger partial charge in [0.1, 0.15) is 30.2 Å². The molecule has 1 aliphatic rings. The lowest BCUT2D eigenvalue weighted by Gasteiger charge is -2.29. The Morgan fingerprint density at radius 2 is 1.93 bits per heavy atom. The number of halogens is 4. The van der Waals surface area contributed by atoms with Crippen molar-refractivity contribution in [1.82, 2.24) is 4.98 Å². The second-order valence-corrected chi connectivity index (χ2v) is 6.26. The molecule has 0 saturated carbocycles. The first-order chi connectivity index (χ1) is 13.6. The average Bonchev–Trinajstić information content (AvgIpc) is 2.66. The third-order valence-corrected chi connectivity index (χ3v) is 4.12. The van der Waals surface area contributed by atoms with Gasteiger partial charge in [-0.3, -0.25) is 9.59 Å². The maximum Gasteiger partial charge on any atom is 0.431 e. The Hall–Kier alpha value is -2.92. The molecule has 2 heterocycles. The molecule has 1 saturated heterocycles. The van der Waals surface area contributed by atoms with E-state index in [1.54, 1.807) is 4.98 Å². The number of aromatic nitrogens is 1. The highest BCUT2D eigenvalue weighted by atomic mass is 19.4. The van der Waals surface area contributed by atoms with Gasteiger partial charge in [0.15, 0.2) is 0 Å². The van der Waals surface area contributed by atoms with Gasteiger partial charge in [0.05, 0.1) is 13.2 Å². The van der Waals surface area contributed by atoms with Crippen LogP contribution < -0.4 is 16.0 Å². The van der Waals surface area contributed by atoms with Gasteiger partial charge in [-0.1, -0.05) is 12.1 Å². The third-order valence-electron chi connectivity index (χ3n) is 4.12. The van der Waals surface area contributed by atoms with E-state index in [4.69, 9.17) is 19.9 Å². The monoisotopic (exact) mass is 416 g/mol. The number of benzene rings is 1. The van der Waals surface area contributed by atoms with E-state index in [0.29, 0.717) is 0 Å². The van der Waals surface area contributed by atoms with Crippen LogP contribution in [0.15, 0.2) is 35.1 Å². The van der Waals surface area contributed by atoms with E-state index in [0.717, 1.165) is 6.07 Å². The summed E-state index contributed by atoms with van der Waals surface area (Å²) >= 11 is 0. The Balaban J connectivity index is 1.88. The minimum Gasteiger partial charge on any atom is -0.488 e. The lowest BCUT2D eigenvalue weighted by Crippen LogP contribution is -2.44. The smallest absolute Gasteiger partial charge is 0.431 e. The molecule has 0 radical (unpaired) electrons. The molecule has 1 unspecified atom stereocenters. The van der Waals surface area contributed by atoms with Crippen LogP contribution in [0.25, 0.3) is 11.1 Å². The number of alkyl halides is 4. The van der Waals surface area contributed by atoms with Crippen molar-refractivity contribution in [3.63, 3.8) is 0 Å². The van der Waals surface area contributed by atoms with Gasteiger partial charge in [-0.25, -0.2) is 4.39 Å². The molecular weight excluding hydrogens is 400 g/mol. The number of H-pyrrole nitrogens is 1. The summed E-state index contributed by atoms with van der Waals surface area (Å²) in [5.41, 5.74) is 1.48. The molecular formula is C18H16F4N2O5.